The van der Waals surface area contributed by atoms with Gasteiger partial charge < -0.3 is 11.1 Å². The number of aromatic nitrogens is 7. The van der Waals surface area contributed by atoms with Crippen LogP contribution in [0.4, 0.5) is 5.82 Å². The molecule has 1 amide bonds. The van der Waals surface area contributed by atoms with E-state index in [2.05, 4.69) is 32.3 Å². The molecule has 0 bridgehead atoms. The molecule has 0 aliphatic heterocycles. The van der Waals surface area contributed by atoms with Crippen molar-refractivity contribution >= 4 is 28.3 Å². The topological polar surface area (TPSA) is 138 Å². The van der Waals surface area contributed by atoms with Crippen LogP contribution in [0.2, 0.25) is 0 Å². The summed E-state index contributed by atoms with van der Waals surface area (Å²) >= 11 is 0. The van der Waals surface area contributed by atoms with Gasteiger partial charge in [-0.05, 0) is 49.7 Å². The highest BCUT2D eigenvalue weighted by atomic mass is 16.2. The molecule has 6 aromatic rings. The Morgan fingerprint density at radius 2 is 1.95 bits per heavy atom. The van der Waals surface area contributed by atoms with Crippen LogP contribution in [0.5, 0.6) is 0 Å². The number of aryl methyl sites for hydroxylation is 2. The van der Waals surface area contributed by atoms with Gasteiger partial charge in [-0.2, -0.15) is 5.10 Å². The monoisotopic (exact) mass is 543 g/mol. The molecule has 4 heterocycles. The lowest BCUT2D eigenvalue weighted by Crippen LogP contribution is -2.33. The van der Waals surface area contributed by atoms with Crippen LogP contribution in [0.3, 0.4) is 0 Å². The first kappa shape index (κ1) is 25.5. The quantitative estimate of drug-likeness (QED) is 0.326. The Balaban J connectivity index is 1.49. The molecule has 41 heavy (non-hydrogen) atoms. The smallest absolute Gasteiger partial charge is 0.267 e. The zero-order valence-corrected chi connectivity index (χ0v) is 22.5. The highest BCUT2D eigenvalue weighted by Gasteiger charge is 2.25. The van der Waals surface area contributed by atoms with Crippen molar-refractivity contribution in [2.45, 2.75) is 19.9 Å². The van der Waals surface area contributed by atoms with Crippen LogP contribution >= 0.6 is 0 Å². The molecule has 4 aromatic heterocycles. The van der Waals surface area contributed by atoms with Gasteiger partial charge in [-0.3, -0.25) is 18.8 Å². The van der Waals surface area contributed by atoms with Gasteiger partial charge in [-0.1, -0.05) is 30.0 Å². The molecule has 11 heteroatoms. The summed E-state index contributed by atoms with van der Waals surface area (Å²) in [4.78, 5) is 36.8. The van der Waals surface area contributed by atoms with Crippen LogP contribution < -0.4 is 16.6 Å². The molecule has 6 rings (SSSR count). The minimum Gasteiger partial charge on any atom is -0.381 e. The maximum Gasteiger partial charge on any atom is 0.267 e. The minimum atomic E-state index is -0.691. The number of fused-ring (bicyclic) bond motifs is 2. The van der Waals surface area contributed by atoms with Crippen LogP contribution in [0, 0.1) is 18.8 Å². The Morgan fingerprint density at radius 1 is 1.12 bits per heavy atom. The van der Waals surface area contributed by atoms with Crippen LogP contribution in [0.1, 0.15) is 45.8 Å². The first-order chi connectivity index (χ1) is 19.8. The number of carbonyl (C=O) groups excluding carboxylic acids is 1. The Labute approximate surface area is 234 Å². The van der Waals surface area contributed by atoms with Crippen molar-refractivity contribution in [3.8, 4) is 17.5 Å². The average molecular weight is 544 g/mol. The first-order valence-corrected chi connectivity index (χ1v) is 12.8. The third kappa shape index (κ3) is 4.68. The highest BCUT2D eigenvalue weighted by Crippen LogP contribution is 2.22. The molecule has 0 saturated heterocycles. The van der Waals surface area contributed by atoms with Gasteiger partial charge in [-0.25, -0.2) is 14.5 Å². The highest BCUT2D eigenvalue weighted by molar-refractivity contribution is 6.04. The summed E-state index contributed by atoms with van der Waals surface area (Å²) in [5, 5.41) is 11.6. The van der Waals surface area contributed by atoms with E-state index in [9.17, 15) is 9.59 Å². The van der Waals surface area contributed by atoms with Gasteiger partial charge in [0.1, 0.15) is 11.4 Å². The van der Waals surface area contributed by atoms with Crippen molar-refractivity contribution in [1.82, 2.24) is 39.2 Å². The van der Waals surface area contributed by atoms with Gasteiger partial charge in [-0.15, -0.1) is 5.10 Å². The summed E-state index contributed by atoms with van der Waals surface area (Å²) in [7, 11) is 1.81. The lowest BCUT2D eigenvalue weighted by molar-refractivity contribution is 0.0940. The average Bonchev–Trinajstić information content (AvgIpc) is 3.52. The summed E-state index contributed by atoms with van der Waals surface area (Å²) in [5.41, 5.74) is 9.56. The summed E-state index contributed by atoms with van der Waals surface area (Å²) in [6.45, 7) is 3.71. The van der Waals surface area contributed by atoms with Crippen molar-refractivity contribution in [3.63, 3.8) is 0 Å². The second-order valence-electron chi connectivity index (χ2n) is 9.65. The molecule has 0 aliphatic rings. The van der Waals surface area contributed by atoms with Crippen LogP contribution in [-0.4, -0.2) is 39.8 Å². The molecule has 1 atom stereocenters. The summed E-state index contributed by atoms with van der Waals surface area (Å²) in [5.74, 6) is 6.11. The number of benzene rings is 2. The molecule has 0 radical (unpaired) electrons. The number of hydrogen-bond donors (Lipinski definition) is 2. The van der Waals surface area contributed by atoms with E-state index < -0.39 is 11.9 Å². The van der Waals surface area contributed by atoms with Gasteiger partial charge >= 0.3 is 0 Å². The third-order valence-corrected chi connectivity index (χ3v) is 6.61. The second kappa shape index (κ2) is 10.1. The normalized spacial score (nSPS) is 11.8. The zero-order valence-electron chi connectivity index (χ0n) is 22.5. The predicted molar refractivity (Wildman–Crippen MR) is 155 cm³/mol. The first-order valence-electron chi connectivity index (χ1n) is 12.8. The van der Waals surface area contributed by atoms with Crippen LogP contribution in [0.15, 0.2) is 78.1 Å². The van der Waals surface area contributed by atoms with Gasteiger partial charge in [0, 0.05) is 31.2 Å². The molecule has 0 spiro atoms. The van der Waals surface area contributed by atoms with E-state index in [0.717, 1.165) is 11.1 Å². The molecular formula is C30H25N9O2. The number of hydrogen-bond acceptors (Lipinski definition) is 7. The summed E-state index contributed by atoms with van der Waals surface area (Å²) in [6.07, 6.45) is 6.69. The SMILES string of the molecule is Cc1cccc(-n2c([C@H](C)NC(=O)c3c(N)nn4cccnc34)nc3cccc(C#Cc4cnn(C)c4)c3c2=O)c1. The number of anilines is 1. The van der Waals surface area contributed by atoms with Crippen molar-refractivity contribution in [2.24, 2.45) is 7.05 Å². The summed E-state index contributed by atoms with van der Waals surface area (Å²) < 4.78 is 4.63. The fourth-order valence-electron chi connectivity index (χ4n) is 4.74. The third-order valence-electron chi connectivity index (χ3n) is 6.61. The number of rotatable bonds is 4. The number of nitrogen functional groups attached to an aromatic ring is 1. The fraction of sp³-hybridized carbons (Fsp3) is 0.133. The maximum atomic E-state index is 14.2. The Bertz CT molecular complexity index is 2090. The predicted octanol–water partition coefficient (Wildman–Crippen LogP) is 2.94. The van der Waals surface area contributed by atoms with Crippen molar-refractivity contribution in [2.75, 3.05) is 5.73 Å². The number of nitrogens with zero attached hydrogens (tertiary/aromatic N) is 7. The van der Waals surface area contributed by atoms with E-state index in [1.807, 2.05) is 38.2 Å². The number of nitrogens with two attached hydrogens (primary N) is 1. The van der Waals surface area contributed by atoms with Gasteiger partial charge in [0.05, 0.1) is 34.4 Å². The standard InChI is InChI=1S/C30H25N9O2/c1-18-7-4-9-22(15-18)39-27(19(2)34-29(40)25-26(31)36-38-14-6-13-32-28(25)38)35-23-10-5-8-21(24(23)30(39)41)12-11-20-16-33-37(3)17-20/h4-10,13-17,19H,1-3H3,(H2,31,36)(H,34,40)/t19-/m0/s1. The van der Waals surface area contributed by atoms with E-state index in [-0.39, 0.29) is 16.9 Å². The van der Waals surface area contributed by atoms with E-state index in [4.69, 9.17) is 10.7 Å². The molecule has 0 unspecified atom stereocenters. The number of amides is 1. The second-order valence-corrected chi connectivity index (χ2v) is 9.65. The Kier molecular flexibility index (Phi) is 6.28. The van der Waals surface area contributed by atoms with Gasteiger partial charge in [0.2, 0.25) is 0 Å². The lowest BCUT2D eigenvalue weighted by atomic mass is 10.1. The molecule has 202 valence electrons. The number of carbonyl (C=O) groups is 1. The molecule has 11 nitrogen and oxygen atoms in total. The van der Waals surface area contributed by atoms with Crippen molar-refractivity contribution in [3.05, 3.63) is 112 Å². The largest absolute Gasteiger partial charge is 0.381 e. The summed E-state index contributed by atoms with van der Waals surface area (Å²) in [6, 6.07) is 13.9. The van der Waals surface area contributed by atoms with Gasteiger partial charge in [0.15, 0.2) is 11.5 Å². The molecule has 0 aliphatic carbocycles. The van der Waals surface area contributed by atoms with Crippen molar-refractivity contribution < 1.29 is 4.79 Å². The Hall–Kier alpha value is -5.76. The minimum absolute atomic E-state index is 0.0489. The lowest BCUT2D eigenvalue weighted by Gasteiger charge is -2.20. The molecule has 2 aromatic carbocycles. The van der Waals surface area contributed by atoms with E-state index in [1.54, 1.807) is 60.7 Å². The molecule has 0 saturated carbocycles. The van der Waals surface area contributed by atoms with E-state index in [0.29, 0.717) is 33.6 Å². The van der Waals surface area contributed by atoms with Crippen LogP contribution in [0.25, 0.3) is 22.2 Å². The van der Waals surface area contributed by atoms with E-state index >= 15 is 0 Å². The molecule has 3 N–H and O–H groups in total. The molecular weight excluding hydrogens is 518 g/mol. The number of nitrogens with one attached hydrogen (secondary N) is 1. The van der Waals surface area contributed by atoms with Crippen LogP contribution in [-0.2, 0) is 7.05 Å². The van der Waals surface area contributed by atoms with E-state index in [1.165, 1.54) is 9.08 Å². The van der Waals surface area contributed by atoms with Crippen molar-refractivity contribution in [1.29, 1.82) is 0 Å². The fourth-order valence-corrected chi connectivity index (χ4v) is 4.74. The molecule has 0 fully saturated rings. The maximum absolute atomic E-state index is 14.2. The van der Waals surface area contributed by atoms with Gasteiger partial charge in [0.25, 0.3) is 11.5 Å². The zero-order chi connectivity index (χ0) is 28.7. The Morgan fingerprint density at radius 3 is 2.73 bits per heavy atom.